The lowest BCUT2D eigenvalue weighted by Gasteiger charge is -2.28. The number of carbonyl (C=O) groups is 1. The first-order valence-electron chi connectivity index (χ1n) is 6.43. The van der Waals surface area contributed by atoms with Gasteiger partial charge in [0.15, 0.2) is 5.54 Å². The van der Waals surface area contributed by atoms with E-state index in [9.17, 15) is 20.1 Å². The first-order chi connectivity index (χ1) is 9.81. The van der Waals surface area contributed by atoms with Crippen molar-refractivity contribution in [3.8, 4) is 11.5 Å². The molecule has 0 aliphatic carbocycles. The van der Waals surface area contributed by atoms with Gasteiger partial charge in [0.1, 0.15) is 11.5 Å². The summed E-state index contributed by atoms with van der Waals surface area (Å²) in [6, 6.07) is 11.1. The molecule has 1 unspecified atom stereocenters. The summed E-state index contributed by atoms with van der Waals surface area (Å²) < 4.78 is 0. The molecule has 0 fully saturated rings. The van der Waals surface area contributed by atoms with Gasteiger partial charge in [0.25, 0.3) is 0 Å². The third kappa shape index (κ3) is 3.08. The maximum absolute atomic E-state index is 11.7. The molecule has 0 saturated carbocycles. The number of aromatic hydroxyl groups is 2. The van der Waals surface area contributed by atoms with Crippen LogP contribution < -0.4 is 5.32 Å². The van der Waals surface area contributed by atoms with Crippen LogP contribution in [0.15, 0.2) is 42.5 Å². The van der Waals surface area contributed by atoms with Gasteiger partial charge in [-0.15, -0.1) is 0 Å². The Hall–Kier alpha value is -2.69. The van der Waals surface area contributed by atoms with Crippen molar-refractivity contribution in [3.05, 3.63) is 53.6 Å². The monoisotopic (exact) mass is 287 g/mol. The molecule has 0 bridgehead atoms. The van der Waals surface area contributed by atoms with Crippen LogP contribution in [-0.4, -0.2) is 21.3 Å². The molecule has 2 aromatic rings. The molecular weight excluding hydrogens is 270 g/mol. The fraction of sp³-hybridized carbons (Fsp3) is 0.188. The highest BCUT2D eigenvalue weighted by atomic mass is 16.4. The van der Waals surface area contributed by atoms with Gasteiger partial charge < -0.3 is 20.6 Å². The zero-order valence-electron chi connectivity index (χ0n) is 11.8. The van der Waals surface area contributed by atoms with Gasteiger partial charge in [0, 0.05) is 11.8 Å². The molecule has 0 aromatic heterocycles. The van der Waals surface area contributed by atoms with Crippen molar-refractivity contribution in [2.45, 2.75) is 19.4 Å². The van der Waals surface area contributed by atoms with Crippen LogP contribution in [0.2, 0.25) is 0 Å². The van der Waals surface area contributed by atoms with Gasteiger partial charge in [0.05, 0.1) is 0 Å². The molecule has 0 heterocycles. The number of benzene rings is 2. The second kappa shape index (κ2) is 5.36. The average molecular weight is 287 g/mol. The van der Waals surface area contributed by atoms with Crippen LogP contribution in [0.1, 0.15) is 18.1 Å². The van der Waals surface area contributed by atoms with Crippen LogP contribution in [0.4, 0.5) is 5.69 Å². The molecule has 0 aliphatic heterocycles. The Bertz CT molecular complexity index is 646. The minimum atomic E-state index is -1.48. The van der Waals surface area contributed by atoms with Gasteiger partial charge in [-0.05, 0) is 43.7 Å². The first-order valence-corrected chi connectivity index (χ1v) is 6.43. The summed E-state index contributed by atoms with van der Waals surface area (Å²) in [5.74, 6) is -1.50. The molecule has 21 heavy (non-hydrogen) atoms. The molecule has 0 radical (unpaired) electrons. The molecular formula is C16H17NO4. The minimum Gasteiger partial charge on any atom is -0.508 e. The van der Waals surface area contributed by atoms with E-state index in [4.69, 9.17) is 0 Å². The average Bonchev–Trinajstić information content (AvgIpc) is 2.40. The van der Waals surface area contributed by atoms with Crippen molar-refractivity contribution in [1.82, 2.24) is 0 Å². The summed E-state index contributed by atoms with van der Waals surface area (Å²) >= 11 is 0. The van der Waals surface area contributed by atoms with Crippen LogP contribution >= 0.6 is 0 Å². The second-order valence-corrected chi connectivity index (χ2v) is 5.16. The van der Waals surface area contributed by atoms with E-state index < -0.39 is 11.5 Å². The number of nitrogens with one attached hydrogen (secondary N) is 1. The highest BCUT2D eigenvalue weighted by molar-refractivity contribution is 5.84. The summed E-state index contributed by atoms with van der Waals surface area (Å²) in [5.41, 5.74) is 0.472. The third-order valence-corrected chi connectivity index (χ3v) is 3.35. The van der Waals surface area contributed by atoms with E-state index in [1.807, 2.05) is 19.1 Å². The standard InChI is InChI=1S/C16H17NO4/c1-10-3-5-12(6-4-10)17-16(2,15(20)21)11-7-13(18)9-14(19)8-11/h3-9,17-19H,1-2H3,(H,20,21). The zero-order chi connectivity index (χ0) is 15.6. The molecule has 2 rings (SSSR count). The van der Waals surface area contributed by atoms with Crippen molar-refractivity contribution >= 4 is 11.7 Å². The predicted octanol–water partition coefficient (Wildman–Crippen LogP) is 2.82. The van der Waals surface area contributed by atoms with Crippen LogP contribution in [0.5, 0.6) is 11.5 Å². The summed E-state index contributed by atoms with van der Waals surface area (Å²) in [5, 5.41) is 31.6. The maximum Gasteiger partial charge on any atom is 0.333 e. The second-order valence-electron chi connectivity index (χ2n) is 5.16. The number of carboxylic acids is 1. The van der Waals surface area contributed by atoms with E-state index in [1.54, 1.807) is 12.1 Å². The molecule has 2 aromatic carbocycles. The first kappa shape index (κ1) is 14.7. The Morgan fingerprint density at radius 2 is 1.57 bits per heavy atom. The summed E-state index contributed by atoms with van der Waals surface area (Å²) in [4.78, 5) is 11.7. The predicted molar refractivity (Wildman–Crippen MR) is 79.6 cm³/mol. The smallest absolute Gasteiger partial charge is 0.333 e. The number of phenolic OH excluding ortho intramolecular Hbond substituents is 2. The zero-order valence-corrected chi connectivity index (χ0v) is 11.8. The van der Waals surface area contributed by atoms with Crippen molar-refractivity contribution < 1.29 is 20.1 Å². The number of aryl methyl sites for hydroxylation is 1. The van der Waals surface area contributed by atoms with Gasteiger partial charge in [-0.2, -0.15) is 0 Å². The number of phenols is 2. The molecule has 0 aliphatic rings. The number of hydrogen-bond donors (Lipinski definition) is 4. The quantitative estimate of drug-likeness (QED) is 0.694. The van der Waals surface area contributed by atoms with Gasteiger partial charge in [-0.3, -0.25) is 0 Å². The fourth-order valence-corrected chi connectivity index (χ4v) is 2.06. The van der Waals surface area contributed by atoms with Crippen molar-refractivity contribution in [2.24, 2.45) is 0 Å². The van der Waals surface area contributed by atoms with Crippen LogP contribution in [0.25, 0.3) is 0 Å². The number of anilines is 1. The lowest BCUT2D eigenvalue weighted by molar-refractivity contribution is -0.142. The molecule has 5 heteroatoms. The number of rotatable bonds is 4. The SMILES string of the molecule is Cc1ccc(NC(C)(C(=O)O)c2cc(O)cc(O)c2)cc1. The largest absolute Gasteiger partial charge is 0.508 e. The topological polar surface area (TPSA) is 89.8 Å². The number of hydrogen-bond acceptors (Lipinski definition) is 4. The Balaban J connectivity index is 2.44. The minimum absolute atomic E-state index is 0.191. The molecule has 5 nitrogen and oxygen atoms in total. The highest BCUT2D eigenvalue weighted by Gasteiger charge is 2.36. The third-order valence-electron chi connectivity index (χ3n) is 3.35. The van der Waals surface area contributed by atoms with E-state index in [-0.39, 0.29) is 17.1 Å². The Labute approximate surface area is 122 Å². The Kier molecular flexibility index (Phi) is 3.76. The molecule has 0 saturated heterocycles. The van der Waals surface area contributed by atoms with Crippen LogP contribution in [-0.2, 0) is 10.3 Å². The van der Waals surface area contributed by atoms with Crippen molar-refractivity contribution in [1.29, 1.82) is 0 Å². The highest BCUT2D eigenvalue weighted by Crippen LogP contribution is 2.32. The van der Waals surface area contributed by atoms with Crippen LogP contribution in [0.3, 0.4) is 0 Å². The van der Waals surface area contributed by atoms with Crippen molar-refractivity contribution in [2.75, 3.05) is 5.32 Å². The molecule has 4 N–H and O–H groups in total. The Morgan fingerprint density at radius 3 is 2.05 bits per heavy atom. The van der Waals surface area contributed by atoms with E-state index in [0.717, 1.165) is 11.6 Å². The van der Waals surface area contributed by atoms with E-state index in [0.29, 0.717) is 5.69 Å². The van der Waals surface area contributed by atoms with Gasteiger partial charge in [0.2, 0.25) is 0 Å². The van der Waals surface area contributed by atoms with Crippen LogP contribution in [0, 0.1) is 6.92 Å². The van der Waals surface area contributed by atoms with E-state index in [1.165, 1.54) is 19.1 Å². The maximum atomic E-state index is 11.7. The molecule has 110 valence electrons. The fourth-order valence-electron chi connectivity index (χ4n) is 2.06. The van der Waals surface area contributed by atoms with Gasteiger partial charge in [-0.25, -0.2) is 4.79 Å². The molecule has 0 amide bonds. The number of carboxylic acid groups (broad SMARTS) is 1. The summed E-state index contributed by atoms with van der Waals surface area (Å²) in [6.07, 6.45) is 0. The van der Waals surface area contributed by atoms with Gasteiger partial charge in [-0.1, -0.05) is 17.7 Å². The normalized spacial score (nSPS) is 13.4. The molecule has 1 atom stereocenters. The summed E-state index contributed by atoms with van der Waals surface area (Å²) in [7, 11) is 0. The molecule has 0 spiro atoms. The lowest BCUT2D eigenvalue weighted by Crippen LogP contribution is -2.40. The summed E-state index contributed by atoms with van der Waals surface area (Å²) in [6.45, 7) is 3.41. The lowest BCUT2D eigenvalue weighted by atomic mass is 9.91. The number of aliphatic carboxylic acids is 1. The Morgan fingerprint density at radius 1 is 1.05 bits per heavy atom. The van der Waals surface area contributed by atoms with E-state index in [2.05, 4.69) is 5.32 Å². The van der Waals surface area contributed by atoms with Crippen molar-refractivity contribution in [3.63, 3.8) is 0 Å². The van der Waals surface area contributed by atoms with Gasteiger partial charge >= 0.3 is 5.97 Å². The van der Waals surface area contributed by atoms with E-state index >= 15 is 0 Å².